The number of rotatable bonds is 7. The molecule has 0 radical (unpaired) electrons. The monoisotopic (exact) mass is 412 g/mol. The first-order valence-electron chi connectivity index (χ1n) is 8.99. The molecule has 1 heterocycles. The molecule has 2 rings (SSSR count). The summed E-state index contributed by atoms with van der Waals surface area (Å²) in [7, 11) is -4.15. The zero-order valence-corrected chi connectivity index (χ0v) is 16.8. The molecule has 2 atom stereocenters. The number of ether oxygens (including phenoxy) is 1. The molecule has 1 aliphatic rings. The third kappa shape index (κ3) is 5.62. The highest BCUT2D eigenvalue weighted by Crippen LogP contribution is 2.21. The van der Waals surface area contributed by atoms with Crippen LogP contribution in [0, 0.1) is 17.7 Å². The molecular weight excluding hydrogens is 387 g/mol. The minimum atomic E-state index is -4.15. The molecule has 1 amide bonds. The summed E-state index contributed by atoms with van der Waals surface area (Å²) in [5, 5.41) is 0. The van der Waals surface area contributed by atoms with Gasteiger partial charge in [0, 0.05) is 19.6 Å². The van der Waals surface area contributed by atoms with E-state index in [-0.39, 0.29) is 18.0 Å². The number of sulfonamides is 1. The van der Waals surface area contributed by atoms with Gasteiger partial charge in [0.1, 0.15) is 10.7 Å². The predicted molar refractivity (Wildman–Crippen MR) is 102 cm³/mol. The Morgan fingerprint density at radius 1 is 1.32 bits per heavy atom. The van der Waals surface area contributed by atoms with Crippen molar-refractivity contribution in [3.05, 3.63) is 42.2 Å². The molecule has 1 aliphatic heterocycles. The zero-order valence-electron chi connectivity index (χ0n) is 16.0. The highest BCUT2D eigenvalue weighted by atomic mass is 32.2. The Morgan fingerprint density at radius 2 is 1.96 bits per heavy atom. The van der Waals surface area contributed by atoms with Gasteiger partial charge < -0.3 is 9.64 Å². The van der Waals surface area contributed by atoms with Gasteiger partial charge in [0.05, 0.1) is 5.56 Å². The Bertz CT molecular complexity index is 846. The number of benzene rings is 1. The molecular formula is C19H25FN2O5S. The second-order valence-electron chi connectivity index (χ2n) is 7.11. The Balaban J connectivity index is 2.05. The fraction of sp³-hybridized carbons (Fsp3) is 0.474. The maximum absolute atomic E-state index is 13.9. The maximum atomic E-state index is 13.9. The van der Waals surface area contributed by atoms with Gasteiger partial charge in [0.15, 0.2) is 6.61 Å². The fourth-order valence-electron chi connectivity index (χ4n) is 3.25. The van der Waals surface area contributed by atoms with E-state index < -0.39 is 33.3 Å². The summed E-state index contributed by atoms with van der Waals surface area (Å²) in [5.41, 5.74) is -0.159. The Labute approximate surface area is 164 Å². The van der Waals surface area contributed by atoms with Crippen LogP contribution >= 0.6 is 0 Å². The number of hydrogen-bond donors (Lipinski definition) is 1. The van der Waals surface area contributed by atoms with Gasteiger partial charge in [-0.1, -0.05) is 19.9 Å². The van der Waals surface area contributed by atoms with Crippen molar-refractivity contribution < 1.29 is 27.1 Å². The molecule has 9 heteroatoms. The molecule has 0 saturated carbocycles. The van der Waals surface area contributed by atoms with E-state index in [1.807, 2.05) is 0 Å². The summed E-state index contributed by atoms with van der Waals surface area (Å²) < 4.78 is 45.3. The normalized spacial score (nSPS) is 19.9. The third-order valence-electron chi connectivity index (χ3n) is 4.42. The SMILES string of the molecule is C=CCNS(=O)(=O)c1cc(C(=O)OCC(=O)N2CC(C)CC(C)C2)ccc1F. The average Bonchev–Trinajstić information content (AvgIpc) is 2.63. The Kier molecular flexibility index (Phi) is 7.31. The van der Waals surface area contributed by atoms with Gasteiger partial charge in [-0.25, -0.2) is 22.3 Å². The van der Waals surface area contributed by atoms with Crippen LogP contribution < -0.4 is 4.72 Å². The van der Waals surface area contributed by atoms with Crippen molar-refractivity contribution in [1.82, 2.24) is 9.62 Å². The smallest absolute Gasteiger partial charge is 0.338 e. The van der Waals surface area contributed by atoms with Crippen molar-refractivity contribution >= 4 is 21.9 Å². The standard InChI is InChI=1S/C19H25FN2O5S/c1-4-7-21-28(25,26)17-9-15(5-6-16(17)20)19(24)27-12-18(23)22-10-13(2)8-14(3)11-22/h4-6,9,13-14,21H,1,7-8,10-12H2,2-3H3. The van der Waals surface area contributed by atoms with Gasteiger partial charge in [-0.3, -0.25) is 4.79 Å². The lowest BCUT2D eigenvalue weighted by Gasteiger charge is -2.34. The van der Waals surface area contributed by atoms with Gasteiger partial charge in [-0.2, -0.15) is 0 Å². The van der Waals surface area contributed by atoms with Crippen molar-refractivity contribution in [1.29, 1.82) is 0 Å². The van der Waals surface area contributed by atoms with Crippen molar-refractivity contribution in [3.8, 4) is 0 Å². The molecule has 0 bridgehead atoms. The van der Waals surface area contributed by atoms with Crippen molar-refractivity contribution in [2.45, 2.75) is 25.2 Å². The molecule has 154 valence electrons. The fourth-order valence-corrected chi connectivity index (χ4v) is 4.35. The highest BCUT2D eigenvalue weighted by Gasteiger charge is 2.26. The average molecular weight is 412 g/mol. The summed E-state index contributed by atoms with van der Waals surface area (Å²) in [5.74, 6) is -1.46. The highest BCUT2D eigenvalue weighted by molar-refractivity contribution is 7.89. The van der Waals surface area contributed by atoms with Gasteiger partial charge in [0.2, 0.25) is 10.0 Å². The van der Waals surface area contributed by atoms with E-state index in [2.05, 4.69) is 25.1 Å². The predicted octanol–water partition coefficient (Wildman–Crippen LogP) is 1.95. The summed E-state index contributed by atoms with van der Waals surface area (Å²) in [4.78, 5) is 25.5. The van der Waals surface area contributed by atoms with Crippen LogP contribution in [0.2, 0.25) is 0 Å². The number of likely N-dealkylation sites (tertiary alicyclic amines) is 1. The lowest BCUT2D eigenvalue weighted by molar-refractivity contribution is -0.137. The molecule has 1 saturated heterocycles. The zero-order chi connectivity index (χ0) is 20.9. The van der Waals surface area contributed by atoms with Crippen LogP contribution in [0.4, 0.5) is 4.39 Å². The number of nitrogens with zero attached hydrogens (tertiary/aromatic N) is 1. The number of amides is 1. The first-order chi connectivity index (χ1) is 13.1. The van der Waals surface area contributed by atoms with Crippen molar-refractivity contribution in [2.75, 3.05) is 26.2 Å². The number of carbonyl (C=O) groups is 2. The van der Waals surface area contributed by atoms with Crippen LogP contribution in [0.5, 0.6) is 0 Å². The van der Waals surface area contributed by atoms with Crippen LogP contribution in [0.15, 0.2) is 35.7 Å². The van der Waals surface area contributed by atoms with E-state index in [0.717, 1.165) is 24.6 Å². The summed E-state index contributed by atoms with van der Waals surface area (Å²) in [6.07, 6.45) is 2.35. The van der Waals surface area contributed by atoms with Crippen LogP contribution in [-0.4, -0.2) is 51.4 Å². The number of hydrogen-bond acceptors (Lipinski definition) is 5. The second-order valence-corrected chi connectivity index (χ2v) is 8.84. The number of carbonyl (C=O) groups excluding carboxylic acids is 2. The lowest BCUT2D eigenvalue weighted by Crippen LogP contribution is -2.44. The lowest BCUT2D eigenvalue weighted by atomic mass is 9.92. The first-order valence-corrected chi connectivity index (χ1v) is 10.5. The van der Waals surface area contributed by atoms with Gasteiger partial charge in [-0.15, -0.1) is 6.58 Å². The van der Waals surface area contributed by atoms with Gasteiger partial charge >= 0.3 is 5.97 Å². The van der Waals surface area contributed by atoms with E-state index in [0.29, 0.717) is 24.9 Å². The van der Waals surface area contributed by atoms with E-state index in [1.165, 1.54) is 6.08 Å². The Morgan fingerprint density at radius 3 is 2.57 bits per heavy atom. The molecule has 0 spiro atoms. The van der Waals surface area contributed by atoms with E-state index in [9.17, 15) is 22.4 Å². The molecule has 7 nitrogen and oxygen atoms in total. The molecule has 2 unspecified atom stereocenters. The van der Waals surface area contributed by atoms with Gasteiger partial charge in [0.25, 0.3) is 5.91 Å². The van der Waals surface area contributed by atoms with E-state index in [1.54, 1.807) is 4.90 Å². The molecule has 0 aromatic heterocycles. The first kappa shape index (κ1) is 22.0. The minimum absolute atomic E-state index is 0.0857. The third-order valence-corrected chi connectivity index (χ3v) is 5.86. The topological polar surface area (TPSA) is 92.8 Å². The summed E-state index contributed by atoms with van der Waals surface area (Å²) in [6, 6.07) is 2.87. The van der Waals surface area contributed by atoms with E-state index >= 15 is 0 Å². The minimum Gasteiger partial charge on any atom is -0.452 e. The summed E-state index contributed by atoms with van der Waals surface area (Å²) >= 11 is 0. The second kappa shape index (κ2) is 9.29. The van der Waals surface area contributed by atoms with Gasteiger partial charge in [-0.05, 0) is 36.5 Å². The molecule has 28 heavy (non-hydrogen) atoms. The molecule has 1 aromatic rings. The molecule has 0 aliphatic carbocycles. The largest absolute Gasteiger partial charge is 0.452 e. The molecule has 1 fully saturated rings. The number of piperidine rings is 1. The Hall–Kier alpha value is -2.26. The summed E-state index contributed by atoms with van der Waals surface area (Å²) in [6.45, 7) is 8.17. The number of nitrogens with one attached hydrogen (secondary N) is 1. The quantitative estimate of drug-likeness (QED) is 0.546. The number of halogens is 1. The maximum Gasteiger partial charge on any atom is 0.338 e. The van der Waals surface area contributed by atoms with Crippen LogP contribution in [-0.2, 0) is 19.6 Å². The number of esters is 1. The molecule has 1 N–H and O–H groups in total. The van der Waals surface area contributed by atoms with Crippen LogP contribution in [0.3, 0.4) is 0 Å². The van der Waals surface area contributed by atoms with Crippen LogP contribution in [0.25, 0.3) is 0 Å². The molecule has 1 aromatic carbocycles. The van der Waals surface area contributed by atoms with Crippen LogP contribution in [0.1, 0.15) is 30.6 Å². The van der Waals surface area contributed by atoms with E-state index in [4.69, 9.17) is 4.74 Å². The van der Waals surface area contributed by atoms with Crippen molar-refractivity contribution in [3.63, 3.8) is 0 Å². The van der Waals surface area contributed by atoms with Crippen molar-refractivity contribution in [2.24, 2.45) is 11.8 Å².